The lowest BCUT2D eigenvalue weighted by molar-refractivity contribution is -0.134. The number of amides is 3. The molecule has 4 aromatic heterocycles. The topological polar surface area (TPSA) is 210 Å². The zero-order valence-corrected chi connectivity index (χ0v) is 30.9. The smallest absolute Gasteiger partial charge is 0.273 e. The van der Waals surface area contributed by atoms with Gasteiger partial charge in [-0.05, 0) is 71.7 Å². The third-order valence-electron chi connectivity index (χ3n) is 9.19. The van der Waals surface area contributed by atoms with Gasteiger partial charge in [0.2, 0.25) is 17.7 Å². The average molecular weight is 841 g/mol. The van der Waals surface area contributed by atoms with Gasteiger partial charge in [0.1, 0.15) is 5.75 Å². The van der Waals surface area contributed by atoms with Crippen LogP contribution < -0.4 is 15.4 Å². The highest BCUT2D eigenvalue weighted by Crippen LogP contribution is 2.44. The van der Waals surface area contributed by atoms with Crippen LogP contribution in [-0.2, 0) is 38.6 Å². The minimum atomic E-state index is -0.547. The number of aromatic nitrogens is 6. The number of piperidine rings is 1. The van der Waals surface area contributed by atoms with E-state index in [1.54, 1.807) is 17.9 Å². The maximum atomic E-state index is 12.8. The van der Waals surface area contributed by atoms with E-state index in [0.717, 1.165) is 25.3 Å². The van der Waals surface area contributed by atoms with Gasteiger partial charge in [0.15, 0.2) is 23.5 Å². The molecule has 1 unspecified atom stereocenters. The number of ether oxygens (including phenoxy) is 3. The highest BCUT2D eigenvalue weighted by molar-refractivity contribution is 14.1. The highest BCUT2D eigenvalue weighted by atomic mass is 127. The number of benzene rings is 2. The predicted molar refractivity (Wildman–Crippen MR) is 196 cm³/mol. The molecular weight excluding hydrogens is 803 g/mol. The van der Waals surface area contributed by atoms with Crippen molar-refractivity contribution in [3.63, 3.8) is 0 Å². The molecule has 2 aromatic carbocycles. The molecule has 17 nitrogen and oxygen atoms in total. The summed E-state index contributed by atoms with van der Waals surface area (Å²) in [6, 6.07) is 9.10. The summed E-state index contributed by atoms with van der Waals surface area (Å²) < 4.78 is 27.5. The fraction of sp³-hybridized carbons (Fsp3) is 0.371. The van der Waals surface area contributed by atoms with Crippen molar-refractivity contribution < 1.29 is 43.3 Å². The Morgan fingerprint density at radius 2 is 1.94 bits per heavy atom. The second kappa shape index (κ2) is 15.8. The van der Waals surface area contributed by atoms with Crippen LogP contribution in [0.3, 0.4) is 0 Å². The second-order valence-corrected chi connectivity index (χ2v) is 13.6. The number of halogens is 1. The summed E-state index contributed by atoms with van der Waals surface area (Å²) in [7, 11) is 1.60. The van der Waals surface area contributed by atoms with Crippen LogP contribution in [0.1, 0.15) is 46.9 Å². The predicted octanol–water partition coefficient (Wildman–Crippen LogP) is 3.45. The molecule has 6 aromatic rings. The van der Waals surface area contributed by atoms with Gasteiger partial charge in [-0.25, -0.2) is 9.67 Å². The lowest BCUT2D eigenvalue weighted by atomic mass is 9.89. The molecule has 3 amide bonds. The Hall–Kier alpha value is -5.21. The van der Waals surface area contributed by atoms with Crippen molar-refractivity contribution in [1.29, 1.82) is 0 Å². The first-order valence-electron chi connectivity index (χ1n) is 17.1. The van der Waals surface area contributed by atoms with Crippen LogP contribution in [-0.4, -0.2) is 97.4 Å². The number of methoxy groups -OCH3 is 1. The molecule has 0 spiro atoms. The van der Waals surface area contributed by atoms with E-state index in [9.17, 15) is 24.7 Å². The van der Waals surface area contributed by atoms with E-state index in [0.29, 0.717) is 98.6 Å². The average Bonchev–Trinajstić information content (AvgIpc) is 3.92. The van der Waals surface area contributed by atoms with Crippen molar-refractivity contribution in [2.75, 3.05) is 40.1 Å². The van der Waals surface area contributed by atoms with Crippen molar-refractivity contribution in [3.05, 3.63) is 63.4 Å². The summed E-state index contributed by atoms with van der Waals surface area (Å²) in [4.78, 5) is 41.3. The number of carbonyl (C=O) groups excluding carboxylic acids is 3. The van der Waals surface area contributed by atoms with Crippen LogP contribution in [0.15, 0.2) is 47.3 Å². The molecule has 53 heavy (non-hydrogen) atoms. The molecule has 1 saturated heterocycles. The first kappa shape index (κ1) is 36.2. The number of aryl methyl sites for hydroxylation is 1. The summed E-state index contributed by atoms with van der Waals surface area (Å²) in [6.07, 6.45) is 4.98. The van der Waals surface area contributed by atoms with E-state index in [1.807, 2.05) is 35.0 Å². The molecule has 0 aliphatic carbocycles. The van der Waals surface area contributed by atoms with Crippen molar-refractivity contribution >= 4 is 62.2 Å². The van der Waals surface area contributed by atoms with Crippen LogP contribution in [0.5, 0.6) is 11.6 Å². The van der Waals surface area contributed by atoms with Gasteiger partial charge in [-0.2, -0.15) is 0 Å². The minimum Gasteiger partial charge on any atom is -0.496 e. The van der Waals surface area contributed by atoms with E-state index >= 15 is 0 Å². The number of nitrogens with one attached hydrogen (secondary N) is 2. The van der Waals surface area contributed by atoms with Crippen LogP contribution in [0, 0.1) is 3.57 Å². The molecular formula is C35H37IN8O9. The van der Waals surface area contributed by atoms with Gasteiger partial charge in [-0.15, -0.1) is 9.83 Å². The SMILES string of the molecule is COc1ccc(-c2ocnc2C(=O)NCCCc2cn(CCOCCOCCn3c4c(C5CCC(=O)NC5=O)ccc5c4c(O)n(O)c53)nn2)cc1I. The zero-order valence-electron chi connectivity index (χ0n) is 28.7. The first-order valence-corrected chi connectivity index (χ1v) is 18.1. The molecule has 0 saturated carbocycles. The van der Waals surface area contributed by atoms with E-state index in [-0.39, 0.29) is 35.7 Å². The molecule has 7 rings (SSSR count). The minimum absolute atomic E-state index is 0.217. The van der Waals surface area contributed by atoms with Crippen molar-refractivity contribution in [3.8, 4) is 23.0 Å². The molecule has 1 fully saturated rings. The van der Waals surface area contributed by atoms with Gasteiger partial charge in [0.05, 0.1) is 66.2 Å². The number of aromatic hydroxyl groups is 1. The number of imide groups is 1. The quantitative estimate of drug-likeness (QED) is 0.0451. The van der Waals surface area contributed by atoms with E-state index in [4.69, 9.17) is 18.6 Å². The zero-order chi connectivity index (χ0) is 37.1. The summed E-state index contributed by atoms with van der Waals surface area (Å²) in [5, 5.41) is 35.8. The Morgan fingerprint density at radius 1 is 1.13 bits per heavy atom. The summed E-state index contributed by atoms with van der Waals surface area (Å²) in [5.41, 5.74) is 3.48. The van der Waals surface area contributed by atoms with E-state index < -0.39 is 5.92 Å². The third kappa shape index (κ3) is 7.38. The van der Waals surface area contributed by atoms with Gasteiger partial charge in [-0.1, -0.05) is 11.3 Å². The molecule has 1 aliphatic heterocycles. The maximum Gasteiger partial charge on any atom is 0.273 e. The van der Waals surface area contributed by atoms with Crippen LogP contribution in [0.4, 0.5) is 0 Å². The normalized spacial score (nSPS) is 14.8. The number of oxazole rings is 1. The van der Waals surface area contributed by atoms with E-state index in [1.165, 1.54) is 6.39 Å². The van der Waals surface area contributed by atoms with Gasteiger partial charge in [0.25, 0.3) is 5.91 Å². The van der Waals surface area contributed by atoms with Crippen LogP contribution in [0.25, 0.3) is 33.3 Å². The Balaban J connectivity index is 0.812. The lowest BCUT2D eigenvalue weighted by Crippen LogP contribution is -2.39. The van der Waals surface area contributed by atoms with Crippen molar-refractivity contribution in [2.24, 2.45) is 0 Å². The summed E-state index contributed by atoms with van der Waals surface area (Å²) >= 11 is 2.16. The first-order chi connectivity index (χ1) is 25.7. The van der Waals surface area contributed by atoms with Crippen LogP contribution >= 0.6 is 22.6 Å². The second-order valence-electron chi connectivity index (χ2n) is 12.5. The molecule has 1 aliphatic rings. The van der Waals surface area contributed by atoms with Gasteiger partial charge in [-0.3, -0.25) is 19.7 Å². The fourth-order valence-corrected chi connectivity index (χ4v) is 7.40. The van der Waals surface area contributed by atoms with Gasteiger partial charge < -0.3 is 38.8 Å². The number of rotatable bonds is 17. The molecule has 18 heteroatoms. The molecule has 4 N–H and O–H groups in total. The fourth-order valence-electron chi connectivity index (χ4n) is 6.66. The van der Waals surface area contributed by atoms with Crippen LogP contribution in [0.2, 0.25) is 0 Å². The Kier molecular flexibility index (Phi) is 10.8. The third-order valence-corrected chi connectivity index (χ3v) is 10.0. The van der Waals surface area contributed by atoms with Gasteiger partial charge >= 0.3 is 0 Å². The van der Waals surface area contributed by atoms with Gasteiger partial charge in [0, 0.05) is 36.7 Å². The summed E-state index contributed by atoms with van der Waals surface area (Å²) in [5.74, 6) is -0.703. The Labute approximate surface area is 315 Å². The molecule has 4 bridgehead atoms. The number of hydrogen-bond donors (Lipinski definition) is 4. The Bertz CT molecular complexity index is 2260. The van der Waals surface area contributed by atoms with Crippen molar-refractivity contribution in [1.82, 2.24) is 39.9 Å². The monoisotopic (exact) mass is 840 g/mol. The number of nitrogens with zero attached hydrogens (tertiary/aromatic N) is 6. The highest BCUT2D eigenvalue weighted by Gasteiger charge is 2.34. The largest absolute Gasteiger partial charge is 0.496 e. The van der Waals surface area contributed by atoms with Crippen molar-refractivity contribution in [2.45, 2.75) is 44.7 Å². The number of hydrogen-bond acceptors (Lipinski definition) is 12. The standard InChI is InChI=1S/C35H37IN8O9/c1-50-26-8-4-20(17-25(26)36)31-29(38-19-53-31)33(47)37-10-2-3-21-18-42(41-40-21)11-13-51-15-16-52-14-12-43-30-22(23-7-9-27(45)39-32(23)46)5-6-24-28(30)35(48)44(49)34(24)43/h4-6,8,17-19,23,48-49H,2-3,7,9-16H2,1H3,(H,37,47)(H,39,45,46). The summed E-state index contributed by atoms with van der Waals surface area (Å²) in [6.45, 7) is 2.66. The Morgan fingerprint density at radius 3 is 2.72 bits per heavy atom. The molecule has 1 atom stereocenters. The molecule has 5 heterocycles. The maximum absolute atomic E-state index is 12.8. The van der Waals surface area contributed by atoms with E-state index in [2.05, 4.69) is 48.5 Å². The molecule has 0 radical (unpaired) electrons. The lowest BCUT2D eigenvalue weighted by Gasteiger charge is -2.23. The molecule has 278 valence electrons. The number of carbonyl (C=O) groups is 3.